The molecule has 1 aliphatic rings. The summed E-state index contributed by atoms with van der Waals surface area (Å²) in [5, 5.41) is 4.43. The van der Waals surface area contributed by atoms with E-state index in [4.69, 9.17) is 16.0 Å². The third-order valence-electron chi connectivity index (χ3n) is 5.17. The van der Waals surface area contributed by atoms with E-state index in [1.54, 1.807) is 6.07 Å². The average molecular weight is 385 g/mol. The Morgan fingerprint density at radius 2 is 2.11 bits per heavy atom. The first-order valence-electron chi connectivity index (χ1n) is 9.05. The van der Waals surface area contributed by atoms with Crippen LogP contribution >= 0.6 is 11.6 Å². The predicted octanol–water partition coefficient (Wildman–Crippen LogP) is 4.35. The van der Waals surface area contributed by atoms with Crippen LogP contribution in [0.5, 0.6) is 0 Å². The molecule has 6 nitrogen and oxygen atoms in total. The van der Waals surface area contributed by atoms with Gasteiger partial charge in [0.25, 0.3) is 0 Å². The lowest BCUT2D eigenvalue weighted by atomic mass is 9.96. The van der Waals surface area contributed by atoms with E-state index in [0.29, 0.717) is 23.0 Å². The van der Waals surface area contributed by atoms with Crippen molar-refractivity contribution >= 4 is 40.1 Å². The van der Waals surface area contributed by atoms with Crippen molar-refractivity contribution in [2.45, 2.75) is 26.7 Å². The highest BCUT2D eigenvalue weighted by molar-refractivity contribution is 6.33. The Balaban J connectivity index is 1.57. The van der Waals surface area contributed by atoms with Crippen molar-refractivity contribution in [3.63, 3.8) is 0 Å². The van der Waals surface area contributed by atoms with Crippen molar-refractivity contribution < 1.29 is 9.21 Å². The van der Waals surface area contributed by atoms with Crippen molar-refractivity contribution in [2.24, 2.45) is 5.92 Å². The molecule has 1 aliphatic heterocycles. The first kappa shape index (κ1) is 17.8. The monoisotopic (exact) mass is 384 g/mol. The fourth-order valence-electron chi connectivity index (χ4n) is 3.58. The van der Waals surface area contributed by atoms with Gasteiger partial charge in [0.15, 0.2) is 0 Å². The number of hydrogen-bond acceptors (Lipinski definition) is 5. The Labute approximate surface area is 162 Å². The zero-order valence-corrected chi connectivity index (χ0v) is 16.1. The number of amides is 1. The summed E-state index contributed by atoms with van der Waals surface area (Å²) in [6, 6.07) is 7.28. The van der Waals surface area contributed by atoms with E-state index in [-0.39, 0.29) is 11.8 Å². The van der Waals surface area contributed by atoms with E-state index in [1.165, 1.54) is 6.33 Å². The van der Waals surface area contributed by atoms with Gasteiger partial charge in [0.1, 0.15) is 17.9 Å². The van der Waals surface area contributed by atoms with Gasteiger partial charge in [0.2, 0.25) is 11.6 Å². The molecular formula is C20H21ClN4O2. The Morgan fingerprint density at radius 3 is 2.93 bits per heavy atom. The van der Waals surface area contributed by atoms with Crippen molar-refractivity contribution in [3.05, 3.63) is 46.9 Å². The molecule has 0 spiro atoms. The molecule has 1 amide bonds. The zero-order chi connectivity index (χ0) is 19.0. The molecule has 1 N–H and O–H groups in total. The number of para-hydroxylation sites is 1. The van der Waals surface area contributed by atoms with Crippen LogP contribution < -0.4 is 10.2 Å². The second-order valence-corrected chi connectivity index (χ2v) is 7.32. The largest absolute Gasteiger partial charge is 0.443 e. The Morgan fingerprint density at radius 1 is 1.30 bits per heavy atom. The van der Waals surface area contributed by atoms with Crippen LogP contribution in [-0.4, -0.2) is 29.0 Å². The molecule has 1 unspecified atom stereocenters. The molecule has 4 rings (SSSR count). The van der Waals surface area contributed by atoms with Gasteiger partial charge in [-0.3, -0.25) is 4.79 Å². The number of nitrogens with one attached hydrogen (secondary N) is 1. The summed E-state index contributed by atoms with van der Waals surface area (Å²) in [5.74, 6) is 1.54. The van der Waals surface area contributed by atoms with Gasteiger partial charge in [-0.2, -0.15) is 0 Å². The minimum Gasteiger partial charge on any atom is -0.443 e. The third kappa shape index (κ3) is 3.37. The summed E-state index contributed by atoms with van der Waals surface area (Å²) >= 11 is 6.16. The predicted molar refractivity (Wildman–Crippen MR) is 106 cm³/mol. The van der Waals surface area contributed by atoms with Crippen LogP contribution in [0.3, 0.4) is 0 Å². The molecule has 0 saturated carbocycles. The van der Waals surface area contributed by atoms with Gasteiger partial charge in [-0.15, -0.1) is 0 Å². The van der Waals surface area contributed by atoms with E-state index in [2.05, 4.69) is 20.2 Å². The number of aryl methyl sites for hydroxylation is 2. The highest BCUT2D eigenvalue weighted by atomic mass is 35.5. The van der Waals surface area contributed by atoms with Crippen LogP contribution in [0.2, 0.25) is 5.02 Å². The maximum Gasteiger partial charge on any atom is 0.231 e. The van der Waals surface area contributed by atoms with E-state index in [0.717, 1.165) is 41.9 Å². The van der Waals surface area contributed by atoms with E-state index < -0.39 is 0 Å². The smallest absolute Gasteiger partial charge is 0.231 e. The van der Waals surface area contributed by atoms with Gasteiger partial charge in [-0.05, 0) is 38.8 Å². The number of anilines is 2. The summed E-state index contributed by atoms with van der Waals surface area (Å²) in [6.07, 6.45) is 3.28. The van der Waals surface area contributed by atoms with Crippen LogP contribution in [0.4, 0.5) is 11.5 Å². The molecule has 27 heavy (non-hydrogen) atoms. The van der Waals surface area contributed by atoms with Gasteiger partial charge >= 0.3 is 0 Å². The topological polar surface area (TPSA) is 71.3 Å². The number of aromatic nitrogens is 2. The molecule has 3 heterocycles. The number of fused-ring (bicyclic) bond motifs is 1. The standard InChI is InChI=1S/C20H21ClN4O2/c1-12-13(2)27-20-17(12)18(22-11-23-20)25-9-5-6-14(10-25)19(26)24-16-8-4-3-7-15(16)21/h3-4,7-8,11,14H,5-6,9-10H2,1-2H3,(H,24,26). The number of nitrogens with zero attached hydrogens (tertiary/aromatic N) is 3. The number of rotatable bonds is 3. The number of carbonyl (C=O) groups is 1. The van der Waals surface area contributed by atoms with Crippen LogP contribution in [0.1, 0.15) is 24.2 Å². The van der Waals surface area contributed by atoms with Crippen molar-refractivity contribution in [1.29, 1.82) is 0 Å². The summed E-state index contributed by atoms with van der Waals surface area (Å²) in [5.41, 5.74) is 2.29. The SMILES string of the molecule is Cc1oc2ncnc(N3CCCC(C(=O)Nc4ccccc4Cl)C3)c2c1C. The fraction of sp³-hybridized carbons (Fsp3) is 0.350. The van der Waals surface area contributed by atoms with Crippen LogP contribution in [0.15, 0.2) is 35.0 Å². The molecular weight excluding hydrogens is 364 g/mol. The van der Waals surface area contributed by atoms with Crippen LogP contribution in [-0.2, 0) is 4.79 Å². The van der Waals surface area contributed by atoms with E-state index in [9.17, 15) is 4.79 Å². The molecule has 2 aromatic heterocycles. The van der Waals surface area contributed by atoms with Gasteiger partial charge in [-0.25, -0.2) is 9.97 Å². The molecule has 1 atom stereocenters. The molecule has 0 radical (unpaired) electrons. The summed E-state index contributed by atoms with van der Waals surface area (Å²) in [7, 11) is 0. The first-order chi connectivity index (χ1) is 13.0. The third-order valence-corrected chi connectivity index (χ3v) is 5.50. The minimum absolute atomic E-state index is 0.0156. The zero-order valence-electron chi connectivity index (χ0n) is 15.3. The summed E-state index contributed by atoms with van der Waals surface area (Å²) in [6.45, 7) is 5.40. The first-order valence-corrected chi connectivity index (χ1v) is 9.43. The van der Waals surface area contributed by atoms with Crippen LogP contribution in [0, 0.1) is 19.8 Å². The minimum atomic E-state index is -0.131. The number of halogens is 1. The van der Waals surface area contributed by atoms with Gasteiger partial charge in [0.05, 0.1) is 22.0 Å². The molecule has 0 aliphatic carbocycles. The molecule has 0 bridgehead atoms. The normalized spacial score (nSPS) is 17.3. The van der Waals surface area contributed by atoms with Gasteiger partial charge in [0, 0.05) is 18.7 Å². The molecule has 1 aromatic carbocycles. The van der Waals surface area contributed by atoms with Crippen molar-refractivity contribution in [1.82, 2.24) is 9.97 Å². The second kappa shape index (κ2) is 7.19. The summed E-state index contributed by atoms with van der Waals surface area (Å²) in [4.78, 5) is 23.7. The summed E-state index contributed by atoms with van der Waals surface area (Å²) < 4.78 is 5.72. The average Bonchev–Trinajstić information content (AvgIpc) is 2.98. The number of piperidine rings is 1. The quantitative estimate of drug-likeness (QED) is 0.726. The molecule has 7 heteroatoms. The fourth-order valence-corrected chi connectivity index (χ4v) is 3.77. The lowest BCUT2D eigenvalue weighted by Crippen LogP contribution is -2.41. The van der Waals surface area contributed by atoms with E-state index >= 15 is 0 Å². The molecule has 140 valence electrons. The second-order valence-electron chi connectivity index (χ2n) is 6.91. The maximum atomic E-state index is 12.8. The molecule has 1 saturated heterocycles. The van der Waals surface area contributed by atoms with Crippen LogP contribution in [0.25, 0.3) is 11.1 Å². The Kier molecular flexibility index (Phi) is 4.74. The molecule has 3 aromatic rings. The van der Waals surface area contributed by atoms with Gasteiger partial charge < -0.3 is 14.6 Å². The Bertz CT molecular complexity index is 1000. The Hall–Kier alpha value is -2.60. The number of furan rings is 1. The van der Waals surface area contributed by atoms with Crippen molar-refractivity contribution in [3.8, 4) is 0 Å². The number of hydrogen-bond donors (Lipinski definition) is 1. The number of carbonyl (C=O) groups excluding carboxylic acids is 1. The lowest BCUT2D eigenvalue weighted by Gasteiger charge is -2.33. The molecule has 1 fully saturated rings. The van der Waals surface area contributed by atoms with Crippen molar-refractivity contribution in [2.75, 3.05) is 23.3 Å². The lowest BCUT2D eigenvalue weighted by molar-refractivity contribution is -0.120. The number of benzene rings is 1. The van der Waals surface area contributed by atoms with E-state index in [1.807, 2.05) is 32.0 Å². The highest BCUT2D eigenvalue weighted by Gasteiger charge is 2.29. The highest BCUT2D eigenvalue weighted by Crippen LogP contribution is 2.33. The maximum absolute atomic E-state index is 12.8. The van der Waals surface area contributed by atoms with Gasteiger partial charge in [-0.1, -0.05) is 23.7 Å².